The van der Waals surface area contributed by atoms with Crippen molar-refractivity contribution in [3.05, 3.63) is 34.0 Å². The third kappa shape index (κ3) is 2.83. The number of nitrogens with one attached hydrogen (secondary N) is 1. The second-order valence-electron chi connectivity index (χ2n) is 2.65. The number of carbonyl (C=O) groups excluding carboxylic acids is 2. The molecule has 1 rings (SSSR count). The molecular weight excluding hydrogens is 202 g/mol. The Balaban J connectivity index is 2.95. The van der Waals surface area contributed by atoms with Crippen LogP contribution in [-0.4, -0.2) is 21.7 Å². The number of carbonyl (C=O) groups is 2. The smallest absolute Gasteiger partial charge is 0.358 e. The Morgan fingerprint density at radius 1 is 1.47 bits per heavy atom. The molecule has 0 aliphatic heterocycles. The fourth-order valence-corrected chi connectivity index (χ4v) is 0.875. The van der Waals surface area contributed by atoms with E-state index >= 15 is 0 Å². The van der Waals surface area contributed by atoms with Crippen LogP contribution in [0.15, 0.2) is 18.2 Å². The van der Waals surface area contributed by atoms with Gasteiger partial charge in [0.2, 0.25) is 11.6 Å². The van der Waals surface area contributed by atoms with Gasteiger partial charge in [0.15, 0.2) is 0 Å². The van der Waals surface area contributed by atoms with E-state index in [1.807, 2.05) is 5.32 Å². The first-order valence-electron chi connectivity index (χ1n) is 3.94. The van der Waals surface area contributed by atoms with Crippen molar-refractivity contribution in [3.8, 4) is 0 Å². The van der Waals surface area contributed by atoms with E-state index in [1.165, 1.54) is 12.1 Å². The first-order valence-corrected chi connectivity index (χ1v) is 3.94. The van der Waals surface area contributed by atoms with Crippen LogP contribution in [0.25, 0.3) is 0 Å². The zero-order chi connectivity index (χ0) is 11.4. The maximum Gasteiger partial charge on any atom is 0.364 e. The lowest BCUT2D eigenvalue weighted by Crippen LogP contribution is -2.28. The van der Waals surface area contributed by atoms with Crippen molar-refractivity contribution >= 4 is 17.6 Å². The van der Waals surface area contributed by atoms with E-state index in [-0.39, 0.29) is 5.69 Å². The Morgan fingerprint density at radius 2 is 2.13 bits per heavy atom. The monoisotopic (exact) mass is 209 g/mol. The predicted molar refractivity (Wildman–Crippen MR) is 49.0 cm³/mol. The van der Waals surface area contributed by atoms with Gasteiger partial charge in [0, 0.05) is 13.0 Å². The number of amides is 2. The highest BCUT2D eigenvalue weighted by molar-refractivity contribution is 6.02. The van der Waals surface area contributed by atoms with Crippen molar-refractivity contribution in [1.29, 1.82) is 0 Å². The Bertz CT molecular complexity index is 430. The lowest BCUT2D eigenvalue weighted by Gasteiger charge is -1.96. The van der Waals surface area contributed by atoms with E-state index in [0.29, 0.717) is 0 Å². The molecule has 0 spiro atoms. The molecule has 1 heterocycles. The molecule has 78 valence electrons. The molecule has 0 unspecified atom stereocenters. The van der Waals surface area contributed by atoms with Crippen LogP contribution in [0.3, 0.4) is 0 Å². The van der Waals surface area contributed by atoms with E-state index in [2.05, 4.69) is 4.98 Å². The van der Waals surface area contributed by atoms with Crippen LogP contribution in [0.5, 0.6) is 0 Å². The quantitative estimate of drug-likeness (QED) is 0.556. The first-order chi connectivity index (χ1) is 7.00. The molecule has 7 nitrogen and oxygen atoms in total. The van der Waals surface area contributed by atoms with Gasteiger partial charge in [-0.3, -0.25) is 14.9 Å². The summed E-state index contributed by atoms with van der Waals surface area (Å²) in [6, 6.07) is 3.76. The van der Waals surface area contributed by atoms with Gasteiger partial charge in [-0.15, -0.1) is 0 Å². The average molecular weight is 209 g/mol. The van der Waals surface area contributed by atoms with Gasteiger partial charge in [0.1, 0.15) is 0 Å². The average Bonchev–Trinajstić information content (AvgIpc) is 2.17. The van der Waals surface area contributed by atoms with Gasteiger partial charge < -0.3 is 10.1 Å². The molecule has 1 N–H and O–H groups in total. The second-order valence-corrected chi connectivity index (χ2v) is 2.65. The SMILES string of the molecule is CC(=O)NC(=O)c1cccc([N+](=O)[O-])n1. The van der Waals surface area contributed by atoms with E-state index in [9.17, 15) is 19.7 Å². The molecule has 0 saturated carbocycles. The number of imide groups is 1. The fourth-order valence-electron chi connectivity index (χ4n) is 0.875. The fraction of sp³-hybridized carbons (Fsp3) is 0.125. The van der Waals surface area contributed by atoms with Crippen LogP contribution < -0.4 is 5.32 Å². The minimum Gasteiger partial charge on any atom is -0.358 e. The van der Waals surface area contributed by atoms with Gasteiger partial charge in [-0.05, 0) is 22.0 Å². The van der Waals surface area contributed by atoms with Gasteiger partial charge in [0.25, 0.3) is 0 Å². The summed E-state index contributed by atoms with van der Waals surface area (Å²) in [7, 11) is 0. The van der Waals surface area contributed by atoms with Crippen molar-refractivity contribution in [2.75, 3.05) is 0 Å². The molecular formula is C8H7N3O4. The highest BCUT2D eigenvalue weighted by Crippen LogP contribution is 2.06. The van der Waals surface area contributed by atoms with Gasteiger partial charge in [-0.2, -0.15) is 0 Å². The molecule has 1 aromatic heterocycles. The maximum atomic E-state index is 11.2. The largest absolute Gasteiger partial charge is 0.364 e. The third-order valence-electron chi connectivity index (χ3n) is 1.44. The normalized spacial score (nSPS) is 9.40. The van der Waals surface area contributed by atoms with Crippen LogP contribution in [-0.2, 0) is 4.79 Å². The molecule has 0 aliphatic carbocycles. The van der Waals surface area contributed by atoms with Gasteiger partial charge >= 0.3 is 11.7 Å². The number of hydrogen-bond donors (Lipinski definition) is 1. The van der Waals surface area contributed by atoms with Crippen molar-refractivity contribution in [1.82, 2.24) is 10.3 Å². The summed E-state index contributed by atoms with van der Waals surface area (Å²) in [5, 5.41) is 12.3. The lowest BCUT2D eigenvalue weighted by atomic mass is 10.3. The lowest BCUT2D eigenvalue weighted by molar-refractivity contribution is -0.389. The summed E-state index contributed by atoms with van der Waals surface area (Å²) >= 11 is 0. The summed E-state index contributed by atoms with van der Waals surface area (Å²) in [6.45, 7) is 1.16. The zero-order valence-electron chi connectivity index (χ0n) is 7.76. The number of pyridine rings is 1. The van der Waals surface area contributed by atoms with Crippen LogP contribution in [0.2, 0.25) is 0 Å². The standard InChI is InChI=1S/C8H7N3O4/c1-5(12)9-8(13)6-3-2-4-7(10-6)11(14)15/h2-4H,1H3,(H,9,12,13). The molecule has 0 saturated heterocycles. The Morgan fingerprint density at radius 3 is 2.67 bits per heavy atom. The Labute approximate surface area is 84.3 Å². The van der Waals surface area contributed by atoms with E-state index in [4.69, 9.17) is 0 Å². The van der Waals surface area contributed by atoms with Crippen LogP contribution in [0.1, 0.15) is 17.4 Å². The molecule has 0 bridgehead atoms. The molecule has 0 aliphatic rings. The second kappa shape index (κ2) is 4.27. The third-order valence-corrected chi connectivity index (χ3v) is 1.44. The molecule has 0 radical (unpaired) electrons. The highest BCUT2D eigenvalue weighted by atomic mass is 16.6. The number of aromatic nitrogens is 1. The van der Waals surface area contributed by atoms with Crippen molar-refractivity contribution in [3.63, 3.8) is 0 Å². The summed E-state index contributed by atoms with van der Waals surface area (Å²) in [5.41, 5.74) is -0.167. The number of hydrogen-bond acceptors (Lipinski definition) is 5. The van der Waals surface area contributed by atoms with Gasteiger partial charge in [-0.1, -0.05) is 0 Å². The number of nitro groups is 1. The summed E-state index contributed by atoms with van der Waals surface area (Å²) in [5.74, 6) is -1.74. The summed E-state index contributed by atoms with van der Waals surface area (Å²) in [6.07, 6.45) is 0. The van der Waals surface area contributed by atoms with E-state index < -0.39 is 22.6 Å². The minimum atomic E-state index is -0.758. The highest BCUT2D eigenvalue weighted by Gasteiger charge is 2.16. The van der Waals surface area contributed by atoms with Crippen LogP contribution in [0, 0.1) is 10.1 Å². The molecule has 0 fully saturated rings. The number of rotatable bonds is 2. The molecule has 2 amide bonds. The molecule has 0 atom stereocenters. The summed E-state index contributed by atoms with van der Waals surface area (Å²) in [4.78, 5) is 34.9. The molecule has 7 heteroatoms. The molecule has 0 aromatic carbocycles. The zero-order valence-corrected chi connectivity index (χ0v) is 7.76. The van der Waals surface area contributed by atoms with Crippen LogP contribution in [0.4, 0.5) is 5.82 Å². The van der Waals surface area contributed by atoms with Crippen LogP contribution >= 0.6 is 0 Å². The topological polar surface area (TPSA) is 102 Å². The molecule has 15 heavy (non-hydrogen) atoms. The summed E-state index contributed by atoms with van der Waals surface area (Å²) < 4.78 is 0. The van der Waals surface area contributed by atoms with Gasteiger partial charge in [-0.25, -0.2) is 0 Å². The van der Waals surface area contributed by atoms with E-state index in [0.717, 1.165) is 13.0 Å². The predicted octanol–water partition coefficient (Wildman–Crippen LogP) is 0.266. The van der Waals surface area contributed by atoms with Gasteiger partial charge in [0.05, 0.1) is 0 Å². The maximum absolute atomic E-state index is 11.2. The van der Waals surface area contributed by atoms with E-state index in [1.54, 1.807) is 0 Å². The van der Waals surface area contributed by atoms with Crippen molar-refractivity contribution in [2.45, 2.75) is 6.92 Å². The molecule has 1 aromatic rings. The Kier molecular flexibility index (Phi) is 3.06. The number of nitrogens with zero attached hydrogens (tertiary/aromatic N) is 2. The van der Waals surface area contributed by atoms with Crippen molar-refractivity contribution < 1.29 is 14.5 Å². The van der Waals surface area contributed by atoms with Crippen molar-refractivity contribution in [2.24, 2.45) is 0 Å². The first kappa shape index (κ1) is 10.8. The minimum absolute atomic E-state index is 0.167. The Hall–Kier alpha value is -2.31.